The van der Waals surface area contributed by atoms with E-state index in [1.807, 2.05) is 0 Å². The molecular weight excluding hydrogens is 415 g/mol. The monoisotopic (exact) mass is 431 g/mol. The van der Waals surface area contributed by atoms with Crippen LogP contribution in [0.4, 0.5) is 18.2 Å². The molecule has 0 bridgehead atoms. The highest BCUT2D eigenvalue weighted by Gasteiger charge is 2.38. The first-order chi connectivity index (χ1) is 14.4. The largest absolute Gasteiger partial charge is 0.433 e. The van der Waals surface area contributed by atoms with Crippen LogP contribution in [0, 0.1) is 11.3 Å². The number of rotatable bonds is 3. The maximum Gasteiger partial charge on any atom is 0.433 e. The Morgan fingerprint density at radius 1 is 1.30 bits per heavy atom. The Hall–Kier alpha value is -2.93. The molecule has 3 aromatic heterocycles. The van der Waals surface area contributed by atoms with Gasteiger partial charge < -0.3 is 5.32 Å². The zero-order chi connectivity index (χ0) is 21.0. The predicted molar refractivity (Wildman–Crippen MR) is 104 cm³/mol. The third-order valence-electron chi connectivity index (χ3n) is 5.53. The molecule has 1 saturated carbocycles. The lowest BCUT2D eigenvalue weighted by atomic mass is 9.96. The Morgan fingerprint density at radius 2 is 2.07 bits per heavy atom. The molecule has 30 heavy (non-hydrogen) atoms. The maximum atomic E-state index is 13.5. The van der Waals surface area contributed by atoms with Gasteiger partial charge in [-0.1, -0.05) is 0 Å². The van der Waals surface area contributed by atoms with Gasteiger partial charge in [-0.25, -0.2) is 9.50 Å². The third kappa shape index (κ3) is 3.13. The van der Waals surface area contributed by atoms with E-state index in [0.717, 1.165) is 61.2 Å². The molecule has 0 spiro atoms. The van der Waals surface area contributed by atoms with E-state index in [9.17, 15) is 23.2 Å². The number of halogens is 3. The summed E-state index contributed by atoms with van der Waals surface area (Å²) in [6.45, 7) is 0. The van der Waals surface area contributed by atoms with Crippen LogP contribution in [0.25, 0.3) is 5.65 Å². The molecule has 0 atom stereocenters. The van der Waals surface area contributed by atoms with Crippen LogP contribution in [-0.2, 0) is 19.0 Å². The summed E-state index contributed by atoms with van der Waals surface area (Å²) < 4.78 is 41.3. The highest BCUT2D eigenvalue weighted by atomic mass is 32.1. The number of alkyl halides is 3. The summed E-state index contributed by atoms with van der Waals surface area (Å²) in [5.74, 6) is -0.634. The van der Waals surface area contributed by atoms with Crippen LogP contribution in [0.1, 0.15) is 69.4 Å². The van der Waals surface area contributed by atoms with E-state index in [1.54, 1.807) is 0 Å². The average molecular weight is 431 g/mol. The van der Waals surface area contributed by atoms with Gasteiger partial charge in [-0.3, -0.25) is 4.79 Å². The number of thiophene rings is 1. The molecule has 0 saturated heterocycles. The molecule has 5 rings (SSSR count). The van der Waals surface area contributed by atoms with Crippen molar-refractivity contribution in [1.82, 2.24) is 14.6 Å². The van der Waals surface area contributed by atoms with Gasteiger partial charge in [0.2, 0.25) is 0 Å². The summed E-state index contributed by atoms with van der Waals surface area (Å²) in [6, 6.07) is 3.18. The fourth-order valence-corrected chi connectivity index (χ4v) is 5.11. The van der Waals surface area contributed by atoms with Crippen LogP contribution >= 0.6 is 11.3 Å². The number of hydrogen-bond acceptors (Lipinski definition) is 5. The van der Waals surface area contributed by atoms with Crippen molar-refractivity contribution in [3.05, 3.63) is 45.2 Å². The molecule has 2 aliphatic carbocycles. The second-order valence-electron chi connectivity index (χ2n) is 7.61. The van der Waals surface area contributed by atoms with Gasteiger partial charge in [0, 0.05) is 16.5 Å². The van der Waals surface area contributed by atoms with Gasteiger partial charge in [-0.05, 0) is 50.2 Å². The van der Waals surface area contributed by atoms with Crippen molar-refractivity contribution in [3.8, 4) is 6.07 Å². The van der Waals surface area contributed by atoms with E-state index in [4.69, 9.17) is 0 Å². The van der Waals surface area contributed by atoms with Crippen LogP contribution < -0.4 is 5.32 Å². The number of aromatic nitrogens is 3. The topological polar surface area (TPSA) is 83.1 Å². The zero-order valence-corrected chi connectivity index (χ0v) is 16.5. The van der Waals surface area contributed by atoms with E-state index in [0.29, 0.717) is 20.8 Å². The Kier molecular flexibility index (Phi) is 4.32. The van der Waals surface area contributed by atoms with Crippen molar-refractivity contribution in [2.24, 2.45) is 0 Å². The summed E-state index contributed by atoms with van der Waals surface area (Å²) in [7, 11) is 0. The number of amides is 1. The Balaban J connectivity index is 1.56. The summed E-state index contributed by atoms with van der Waals surface area (Å²) >= 11 is 1.36. The van der Waals surface area contributed by atoms with Crippen LogP contribution in [0.2, 0.25) is 0 Å². The predicted octanol–water partition coefficient (Wildman–Crippen LogP) is 4.69. The number of nitriles is 1. The van der Waals surface area contributed by atoms with Gasteiger partial charge >= 0.3 is 6.18 Å². The van der Waals surface area contributed by atoms with E-state index in [-0.39, 0.29) is 17.1 Å². The van der Waals surface area contributed by atoms with Gasteiger partial charge in [0.1, 0.15) is 22.3 Å². The molecule has 1 N–H and O–H groups in total. The highest BCUT2D eigenvalue weighted by Crippen LogP contribution is 2.42. The minimum atomic E-state index is -4.62. The van der Waals surface area contributed by atoms with E-state index >= 15 is 0 Å². The first-order valence-corrected chi connectivity index (χ1v) is 10.5. The molecule has 1 amide bonds. The first-order valence-electron chi connectivity index (χ1n) is 9.68. The Morgan fingerprint density at radius 3 is 2.77 bits per heavy atom. The van der Waals surface area contributed by atoms with Crippen molar-refractivity contribution in [3.63, 3.8) is 0 Å². The second kappa shape index (κ2) is 6.80. The van der Waals surface area contributed by atoms with E-state index in [1.165, 1.54) is 11.3 Å². The average Bonchev–Trinajstić information content (AvgIpc) is 3.37. The lowest BCUT2D eigenvalue weighted by Crippen LogP contribution is -2.16. The SMILES string of the molecule is N#Cc1c(NC(=O)c2cnn3c(C(F)(F)F)cc(C4CC4)nc23)sc2c1CCCC2. The van der Waals surface area contributed by atoms with Crippen LogP contribution in [-0.4, -0.2) is 20.5 Å². The molecule has 6 nitrogen and oxygen atoms in total. The number of carbonyl (C=O) groups is 1. The third-order valence-corrected chi connectivity index (χ3v) is 6.74. The molecular formula is C20H16F3N5OS. The van der Waals surface area contributed by atoms with Crippen LogP contribution in [0.3, 0.4) is 0 Å². The Bertz CT molecular complexity index is 1220. The van der Waals surface area contributed by atoms with Crippen molar-refractivity contribution in [2.75, 3.05) is 5.32 Å². The number of anilines is 1. The molecule has 0 aromatic carbocycles. The van der Waals surface area contributed by atoms with Crippen molar-refractivity contribution >= 4 is 27.9 Å². The van der Waals surface area contributed by atoms with E-state index < -0.39 is 17.8 Å². The zero-order valence-electron chi connectivity index (χ0n) is 15.7. The van der Waals surface area contributed by atoms with Crippen LogP contribution in [0.15, 0.2) is 12.3 Å². The van der Waals surface area contributed by atoms with Gasteiger partial charge in [0.25, 0.3) is 5.91 Å². The van der Waals surface area contributed by atoms with Crippen molar-refractivity contribution in [1.29, 1.82) is 5.26 Å². The Labute approximate surface area is 173 Å². The summed E-state index contributed by atoms with van der Waals surface area (Å²) in [5, 5.41) is 16.5. The summed E-state index contributed by atoms with van der Waals surface area (Å²) in [4.78, 5) is 18.3. The first kappa shape index (κ1) is 19.1. The van der Waals surface area contributed by atoms with Gasteiger partial charge in [-0.2, -0.15) is 23.5 Å². The summed E-state index contributed by atoms with van der Waals surface area (Å²) in [6.07, 6.45) is 1.73. The maximum absolute atomic E-state index is 13.5. The molecule has 0 aliphatic heterocycles. The molecule has 10 heteroatoms. The number of carbonyl (C=O) groups excluding carboxylic acids is 1. The number of nitrogens with zero attached hydrogens (tertiary/aromatic N) is 4. The van der Waals surface area contributed by atoms with Gasteiger partial charge in [0.05, 0.1) is 11.8 Å². The number of fused-ring (bicyclic) bond motifs is 2. The van der Waals surface area contributed by atoms with Crippen molar-refractivity contribution < 1.29 is 18.0 Å². The smallest absolute Gasteiger partial charge is 0.312 e. The molecule has 3 heterocycles. The fourth-order valence-electron chi connectivity index (χ4n) is 3.87. The number of nitrogens with one attached hydrogen (secondary N) is 1. The quantitative estimate of drug-likeness (QED) is 0.652. The minimum Gasteiger partial charge on any atom is -0.312 e. The normalized spacial score (nSPS) is 16.3. The van der Waals surface area contributed by atoms with Crippen LogP contribution in [0.5, 0.6) is 0 Å². The second-order valence-corrected chi connectivity index (χ2v) is 8.72. The van der Waals surface area contributed by atoms with Crippen molar-refractivity contribution in [2.45, 2.75) is 50.6 Å². The molecule has 154 valence electrons. The minimum absolute atomic E-state index is 0.0175. The lowest BCUT2D eigenvalue weighted by molar-refractivity contribution is -0.142. The number of hydrogen-bond donors (Lipinski definition) is 1. The molecule has 1 fully saturated rings. The highest BCUT2D eigenvalue weighted by molar-refractivity contribution is 7.16. The molecule has 0 unspecified atom stereocenters. The van der Waals surface area contributed by atoms with Gasteiger partial charge in [0.15, 0.2) is 5.65 Å². The molecule has 0 radical (unpaired) electrons. The number of aryl methyl sites for hydroxylation is 1. The van der Waals surface area contributed by atoms with E-state index in [2.05, 4.69) is 21.5 Å². The molecule has 2 aliphatic rings. The standard InChI is InChI=1S/C20H16F3N5OS/c21-20(22,23)16-7-14(10-5-6-10)26-17-13(9-25-28(16)17)18(29)27-19-12(8-24)11-3-1-2-4-15(11)30-19/h7,9-10H,1-6H2,(H,27,29). The molecule has 3 aromatic rings. The fraction of sp³-hybridized carbons (Fsp3) is 0.400. The van der Waals surface area contributed by atoms with Gasteiger partial charge in [-0.15, -0.1) is 11.3 Å². The lowest BCUT2D eigenvalue weighted by Gasteiger charge is -2.11. The summed E-state index contributed by atoms with van der Waals surface area (Å²) in [5.41, 5.74) is 0.633.